The lowest BCUT2D eigenvalue weighted by Gasteiger charge is -2.34. The molecule has 7 heteroatoms. The van der Waals surface area contributed by atoms with Crippen LogP contribution in [0.4, 0.5) is 4.39 Å². The Kier molecular flexibility index (Phi) is 6.23. The van der Waals surface area contributed by atoms with E-state index in [2.05, 4.69) is 5.32 Å². The van der Waals surface area contributed by atoms with Gasteiger partial charge in [-0.15, -0.1) is 12.4 Å². The summed E-state index contributed by atoms with van der Waals surface area (Å²) < 4.78 is 24.2. The van der Waals surface area contributed by atoms with Gasteiger partial charge in [-0.2, -0.15) is 0 Å². The first kappa shape index (κ1) is 17.5. The van der Waals surface area contributed by atoms with Crippen molar-refractivity contribution in [2.75, 3.05) is 33.9 Å². The highest BCUT2D eigenvalue weighted by Crippen LogP contribution is 2.30. The van der Waals surface area contributed by atoms with Crippen molar-refractivity contribution in [1.29, 1.82) is 0 Å². The van der Waals surface area contributed by atoms with Gasteiger partial charge in [-0.05, 0) is 13.0 Å². The minimum atomic E-state index is -0.599. The van der Waals surface area contributed by atoms with Gasteiger partial charge in [0.1, 0.15) is 5.82 Å². The van der Waals surface area contributed by atoms with Crippen LogP contribution in [-0.2, 0) is 0 Å². The Morgan fingerprint density at radius 1 is 1.33 bits per heavy atom. The van der Waals surface area contributed by atoms with Crippen molar-refractivity contribution in [3.05, 3.63) is 23.5 Å². The number of piperazine rings is 1. The van der Waals surface area contributed by atoms with Gasteiger partial charge in [-0.25, -0.2) is 4.39 Å². The molecule has 1 N–H and O–H groups in total. The normalized spacial score (nSPS) is 17.9. The number of rotatable bonds is 3. The van der Waals surface area contributed by atoms with E-state index in [1.807, 2.05) is 6.92 Å². The molecule has 0 saturated carbocycles. The Hall–Kier alpha value is -1.53. The lowest BCUT2D eigenvalue weighted by molar-refractivity contribution is 0.0650. The third kappa shape index (κ3) is 3.57. The average Bonchev–Trinajstić information content (AvgIpc) is 2.46. The van der Waals surface area contributed by atoms with Crippen LogP contribution in [0.5, 0.6) is 11.5 Å². The number of carbonyl (C=O) groups is 1. The lowest BCUT2D eigenvalue weighted by Crippen LogP contribution is -2.52. The quantitative estimate of drug-likeness (QED) is 0.921. The van der Waals surface area contributed by atoms with Crippen LogP contribution in [0.3, 0.4) is 0 Å². The lowest BCUT2D eigenvalue weighted by atomic mass is 10.1. The fourth-order valence-electron chi connectivity index (χ4n) is 2.32. The zero-order valence-corrected chi connectivity index (χ0v) is 13.1. The number of halogens is 2. The summed E-state index contributed by atoms with van der Waals surface area (Å²) in [7, 11) is 2.88. The molecule has 1 amide bonds. The molecule has 1 heterocycles. The summed E-state index contributed by atoms with van der Waals surface area (Å²) in [6, 6.07) is 2.60. The maximum Gasteiger partial charge on any atom is 0.257 e. The number of hydrogen-bond acceptors (Lipinski definition) is 4. The minimum Gasteiger partial charge on any atom is -0.493 e. The predicted molar refractivity (Wildman–Crippen MR) is 80.1 cm³/mol. The Bertz CT molecular complexity index is 513. The fraction of sp³-hybridized carbons (Fsp3) is 0.500. The first-order chi connectivity index (χ1) is 9.58. The number of ether oxygens (including phenoxy) is 2. The molecule has 1 aromatic carbocycles. The van der Waals surface area contributed by atoms with Crippen LogP contribution in [0.25, 0.3) is 0 Å². The number of hydrogen-bond donors (Lipinski definition) is 1. The van der Waals surface area contributed by atoms with Crippen LogP contribution in [0.15, 0.2) is 12.1 Å². The van der Waals surface area contributed by atoms with Gasteiger partial charge in [-0.1, -0.05) is 0 Å². The maximum absolute atomic E-state index is 14.1. The highest BCUT2D eigenvalue weighted by molar-refractivity contribution is 5.95. The van der Waals surface area contributed by atoms with E-state index in [-0.39, 0.29) is 35.7 Å². The summed E-state index contributed by atoms with van der Waals surface area (Å²) in [5.74, 6) is -0.300. The topological polar surface area (TPSA) is 50.8 Å². The van der Waals surface area contributed by atoms with E-state index in [1.54, 1.807) is 4.90 Å². The Morgan fingerprint density at radius 2 is 1.95 bits per heavy atom. The first-order valence-electron chi connectivity index (χ1n) is 6.51. The van der Waals surface area contributed by atoms with Crippen molar-refractivity contribution in [1.82, 2.24) is 10.2 Å². The number of methoxy groups -OCH3 is 2. The smallest absolute Gasteiger partial charge is 0.257 e. The number of nitrogens with zero attached hydrogens (tertiary/aromatic N) is 1. The minimum absolute atomic E-state index is 0. The number of benzene rings is 1. The van der Waals surface area contributed by atoms with E-state index in [0.29, 0.717) is 25.4 Å². The van der Waals surface area contributed by atoms with E-state index in [0.717, 1.165) is 0 Å². The molecule has 0 bridgehead atoms. The summed E-state index contributed by atoms with van der Waals surface area (Å²) in [5, 5.41) is 3.19. The van der Waals surface area contributed by atoms with Crippen molar-refractivity contribution in [3.8, 4) is 11.5 Å². The number of amides is 1. The van der Waals surface area contributed by atoms with E-state index in [4.69, 9.17) is 9.47 Å². The molecule has 0 aromatic heterocycles. The predicted octanol–water partition coefficient (Wildman–Crippen LogP) is 1.70. The molecule has 118 valence electrons. The molecule has 1 aliphatic rings. The van der Waals surface area contributed by atoms with Crippen molar-refractivity contribution in [3.63, 3.8) is 0 Å². The van der Waals surface area contributed by atoms with Crippen LogP contribution < -0.4 is 14.8 Å². The monoisotopic (exact) mass is 318 g/mol. The summed E-state index contributed by atoms with van der Waals surface area (Å²) >= 11 is 0. The van der Waals surface area contributed by atoms with Crippen LogP contribution in [-0.4, -0.2) is 50.7 Å². The van der Waals surface area contributed by atoms with Crippen molar-refractivity contribution in [2.45, 2.75) is 13.0 Å². The number of nitrogens with one attached hydrogen (secondary N) is 1. The second-order valence-electron chi connectivity index (χ2n) is 4.74. The fourth-order valence-corrected chi connectivity index (χ4v) is 2.32. The highest BCUT2D eigenvalue weighted by atomic mass is 35.5. The summed E-state index contributed by atoms with van der Waals surface area (Å²) in [5.41, 5.74) is 0.0106. The third-order valence-electron chi connectivity index (χ3n) is 3.47. The van der Waals surface area contributed by atoms with Crippen LogP contribution in [0.1, 0.15) is 17.3 Å². The van der Waals surface area contributed by atoms with Gasteiger partial charge in [-0.3, -0.25) is 4.79 Å². The van der Waals surface area contributed by atoms with E-state index >= 15 is 0 Å². The van der Waals surface area contributed by atoms with Crippen LogP contribution in [0, 0.1) is 5.82 Å². The largest absolute Gasteiger partial charge is 0.493 e. The molecule has 1 saturated heterocycles. The van der Waals surface area contributed by atoms with Gasteiger partial charge in [0.05, 0.1) is 19.8 Å². The Balaban J connectivity index is 0.00000220. The van der Waals surface area contributed by atoms with Gasteiger partial charge in [0.15, 0.2) is 11.5 Å². The molecular weight excluding hydrogens is 299 g/mol. The maximum atomic E-state index is 14.1. The molecule has 2 rings (SSSR count). The molecule has 1 fully saturated rings. The van der Waals surface area contributed by atoms with Crippen molar-refractivity contribution < 1.29 is 18.7 Å². The SMILES string of the molecule is COc1cc(F)c(C(=O)N2CCNC[C@@H]2C)cc1OC.Cl. The molecule has 1 aromatic rings. The van der Waals surface area contributed by atoms with Crippen molar-refractivity contribution in [2.24, 2.45) is 0 Å². The van der Waals surface area contributed by atoms with E-state index < -0.39 is 5.82 Å². The molecule has 1 aliphatic heterocycles. The molecule has 0 radical (unpaired) electrons. The molecular formula is C14H20ClFN2O3. The van der Waals surface area contributed by atoms with Gasteiger partial charge in [0, 0.05) is 31.7 Å². The average molecular weight is 319 g/mol. The van der Waals surface area contributed by atoms with Gasteiger partial charge in [0.25, 0.3) is 5.91 Å². The summed E-state index contributed by atoms with van der Waals surface area (Å²) in [6.07, 6.45) is 0. The van der Waals surface area contributed by atoms with Crippen molar-refractivity contribution >= 4 is 18.3 Å². The summed E-state index contributed by atoms with van der Waals surface area (Å²) in [4.78, 5) is 14.1. The molecule has 0 spiro atoms. The standard InChI is InChI=1S/C14H19FN2O3.ClH/c1-9-8-16-4-5-17(9)14(18)10-6-12(19-2)13(20-3)7-11(10)15;/h6-7,9,16H,4-5,8H2,1-3H3;1H/t9-;/m0./s1. The first-order valence-corrected chi connectivity index (χ1v) is 6.51. The van der Waals surface area contributed by atoms with Gasteiger partial charge < -0.3 is 19.7 Å². The Morgan fingerprint density at radius 3 is 2.52 bits per heavy atom. The molecule has 5 nitrogen and oxygen atoms in total. The second-order valence-corrected chi connectivity index (χ2v) is 4.74. The number of carbonyl (C=O) groups excluding carboxylic acids is 1. The zero-order chi connectivity index (χ0) is 14.7. The third-order valence-corrected chi connectivity index (χ3v) is 3.47. The Labute approximate surface area is 129 Å². The molecule has 0 unspecified atom stereocenters. The van der Waals surface area contributed by atoms with Gasteiger partial charge in [0.2, 0.25) is 0 Å². The second kappa shape index (κ2) is 7.47. The molecule has 21 heavy (non-hydrogen) atoms. The highest BCUT2D eigenvalue weighted by Gasteiger charge is 2.27. The van der Waals surface area contributed by atoms with E-state index in [1.165, 1.54) is 26.4 Å². The van der Waals surface area contributed by atoms with Crippen LogP contribution >= 0.6 is 12.4 Å². The van der Waals surface area contributed by atoms with Gasteiger partial charge >= 0.3 is 0 Å². The molecule has 1 atom stereocenters. The van der Waals surface area contributed by atoms with Crippen LogP contribution in [0.2, 0.25) is 0 Å². The summed E-state index contributed by atoms with van der Waals surface area (Å²) in [6.45, 7) is 3.92. The molecule has 0 aliphatic carbocycles. The van der Waals surface area contributed by atoms with E-state index in [9.17, 15) is 9.18 Å². The zero-order valence-electron chi connectivity index (χ0n) is 12.3.